The van der Waals surface area contributed by atoms with Crippen molar-refractivity contribution in [2.45, 2.75) is 11.6 Å². The minimum Gasteiger partial charge on any atom is -0.293 e. The molecule has 0 saturated heterocycles. The number of para-hydroxylation sites is 1. The molecule has 0 bridgehead atoms. The lowest BCUT2D eigenvalue weighted by atomic mass is 10.3. The van der Waals surface area contributed by atoms with Crippen LogP contribution in [0, 0.1) is 11.3 Å². The molecule has 0 saturated carbocycles. The standard InChI is InChI=1S/C12H10ClN3S/c13-10-4-1-2-5-11(10)16-8-7-15-12(16)17-9-3-6-14/h1-2,4-5,7-8H,3,9H2. The van der Waals surface area contributed by atoms with Crippen LogP contribution in [0.4, 0.5) is 0 Å². The van der Waals surface area contributed by atoms with Crippen LogP contribution in [0.3, 0.4) is 0 Å². The van der Waals surface area contributed by atoms with E-state index >= 15 is 0 Å². The zero-order valence-corrected chi connectivity index (χ0v) is 10.6. The first-order valence-electron chi connectivity index (χ1n) is 5.11. The van der Waals surface area contributed by atoms with Gasteiger partial charge >= 0.3 is 0 Å². The van der Waals surface area contributed by atoms with Crippen molar-refractivity contribution < 1.29 is 0 Å². The maximum atomic E-state index is 8.51. The molecule has 1 aromatic heterocycles. The molecule has 0 N–H and O–H groups in total. The SMILES string of the molecule is N#CCCSc1nccn1-c1ccccc1Cl. The molecule has 0 unspecified atom stereocenters. The van der Waals surface area contributed by atoms with Gasteiger partial charge in [-0.25, -0.2) is 4.98 Å². The molecule has 2 rings (SSSR count). The summed E-state index contributed by atoms with van der Waals surface area (Å²) in [7, 11) is 0. The van der Waals surface area contributed by atoms with E-state index in [1.165, 1.54) is 0 Å². The molecule has 1 heterocycles. The van der Waals surface area contributed by atoms with Crippen LogP contribution in [0.1, 0.15) is 6.42 Å². The highest BCUT2D eigenvalue weighted by molar-refractivity contribution is 7.99. The number of benzene rings is 1. The molecule has 86 valence electrons. The third-order valence-corrected chi connectivity index (χ3v) is 3.45. The van der Waals surface area contributed by atoms with Crippen molar-refractivity contribution in [3.05, 3.63) is 41.7 Å². The van der Waals surface area contributed by atoms with Crippen LogP contribution in [0.5, 0.6) is 0 Å². The molecule has 0 spiro atoms. The molecule has 0 fully saturated rings. The van der Waals surface area contributed by atoms with Gasteiger partial charge in [0.15, 0.2) is 5.16 Å². The van der Waals surface area contributed by atoms with Gasteiger partial charge in [0.2, 0.25) is 0 Å². The Morgan fingerprint density at radius 3 is 3.00 bits per heavy atom. The van der Waals surface area contributed by atoms with Crippen molar-refractivity contribution in [1.29, 1.82) is 5.26 Å². The second-order valence-corrected chi connectivity index (χ2v) is 4.76. The van der Waals surface area contributed by atoms with Crippen molar-refractivity contribution in [2.75, 3.05) is 5.75 Å². The van der Waals surface area contributed by atoms with Crippen LogP contribution in [-0.2, 0) is 0 Å². The summed E-state index contributed by atoms with van der Waals surface area (Å²) in [5.74, 6) is 0.734. The predicted molar refractivity (Wildman–Crippen MR) is 69.5 cm³/mol. The van der Waals surface area contributed by atoms with Gasteiger partial charge in [-0.15, -0.1) is 0 Å². The Morgan fingerprint density at radius 2 is 2.24 bits per heavy atom. The van der Waals surface area contributed by atoms with E-state index in [1.807, 2.05) is 35.0 Å². The van der Waals surface area contributed by atoms with Crippen LogP contribution >= 0.6 is 23.4 Å². The first-order valence-corrected chi connectivity index (χ1v) is 6.47. The van der Waals surface area contributed by atoms with Crippen LogP contribution in [0.15, 0.2) is 41.8 Å². The lowest BCUT2D eigenvalue weighted by molar-refractivity contribution is 0.895. The van der Waals surface area contributed by atoms with E-state index in [0.29, 0.717) is 11.4 Å². The number of halogens is 1. The summed E-state index contributed by atoms with van der Waals surface area (Å²) in [4.78, 5) is 4.26. The smallest absolute Gasteiger partial charge is 0.172 e. The van der Waals surface area contributed by atoms with Gasteiger partial charge in [0.05, 0.1) is 16.8 Å². The van der Waals surface area contributed by atoms with E-state index < -0.39 is 0 Å². The summed E-state index contributed by atoms with van der Waals surface area (Å²) in [6.45, 7) is 0. The van der Waals surface area contributed by atoms with E-state index in [4.69, 9.17) is 16.9 Å². The average molecular weight is 264 g/mol. The second kappa shape index (κ2) is 5.76. The van der Waals surface area contributed by atoms with Crippen LogP contribution in [0.2, 0.25) is 5.02 Å². The zero-order chi connectivity index (χ0) is 12.1. The lowest BCUT2D eigenvalue weighted by Crippen LogP contribution is -1.96. The highest BCUT2D eigenvalue weighted by atomic mass is 35.5. The number of hydrogen-bond acceptors (Lipinski definition) is 3. The van der Waals surface area contributed by atoms with E-state index in [2.05, 4.69) is 11.1 Å². The van der Waals surface area contributed by atoms with E-state index in [9.17, 15) is 0 Å². The fourth-order valence-electron chi connectivity index (χ4n) is 1.41. The maximum absolute atomic E-state index is 8.51. The van der Waals surface area contributed by atoms with Crippen LogP contribution in [0.25, 0.3) is 5.69 Å². The summed E-state index contributed by atoms with van der Waals surface area (Å²) < 4.78 is 1.93. The number of imidazole rings is 1. The Labute approximate surface area is 109 Å². The molecular weight excluding hydrogens is 254 g/mol. The molecule has 0 aliphatic rings. The maximum Gasteiger partial charge on any atom is 0.172 e. The van der Waals surface area contributed by atoms with Gasteiger partial charge in [0.25, 0.3) is 0 Å². The quantitative estimate of drug-likeness (QED) is 0.626. The van der Waals surface area contributed by atoms with Crippen LogP contribution in [-0.4, -0.2) is 15.3 Å². The zero-order valence-electron chi connectivity index (χ0n) is 9.01. The number of nitrogens with zero attached hydrogens (tertiary/aromatic N) is 3. The molecule has 1 aromatic carbocycles. The van der Waals surface area contributed by atoms with E-state index in [-0.39, 0.29) is 0 Å². The van der Waals surface area contributed by atoms with Crippen molar-refractivity contribution >= 4 is 23.4 Å². The summed E-state index contributed by atoms with van der Waals surface area (Å²) in [6.07, 6.45) is 4.12. The van der Waals surface area contributed by atoms with Gasteiger partial charge in [0.1, 0.15) is 0 Å². The number of aromatic nitrogens is 2. The number of thioether (sulfide) groups is 1. The second-order valence-electron chi connectivity index (χ2n) is 3.29. The summed E-state index contributed by atoms with van der Waals surface area (Å²) in [6, 6.07) is 9.74. The predicted octanol–water partition coefficient (Wildman–Crippen LogP) is 3.53. The number of nitriles is 1. The highest BCUT2D eigenvalue weighted by Crippen LogP contribution is 2.25. The fraction of sp³-hybridized carbons (Fsp3) is 0.167. The lowest BCUT2D eigenvalue weighted by Gasteiger charge is -2.08. The normalized spacial score (nSPS) is 10.1. The fourth-order valence-corrected chi connectivity index (χ4v) is 2.45. The molecule has 0 amide bonds. The Hall–Kier alpha value is -1.44. The molecule has 17 heavy (non-hydrogen) atoms. The average Bonchev–Trinajstić information content (AvgIpc) is 2.78. The van der Waals surface area contributed by atoms with Crippen molar-refractivity contribution in [3.8, 4) is 11.8 Å². The van der Waals surface area contributed by atoms with Crippen molar-refractivity contribution in [2.24, 2.45) is 0 Å². The minimum absolute atomic E-state index is 0.514. The Bertz CT molecular complexity index is 545. The van der Waals surface area contributed by atoms with Gasteiger partial charge in [-0.2, -0.15) is 5.26 Å². The van der Waals surface area contributed by atoms with Crippen molar-refractivity contribution in [3.63, 3.8) is 0 Å². The van der Waals surface area contributed by atoms with Gasteiger partial charge in [0, 0.05) is 24.6 Å². The molecule has 0 radical (unpaired) electrons. The topological polar surface area (TPSA) is 41.6 Å². The van der Waals surface area contributed by atoms with Crippen LogP contribution < -0.4 is 0 Å². The Kier molecular flexibility index (Phi) is 4.08. The third-order valence-electron chi connectivity index (χ3n) is 2.16. The van der Waals surface area contributed by atoms with E-state index in [0.717, 1.165) is 16.6 Å². The largest absolute Gasteiger partial charge is 0.293 e. The Morgan fingerprint density at radius 1 is 1.41 bits per heavy atom. The number of hydrogen-bond donors (Lipinski definition) is 0. The summed E-state index contributed by atoms with van der Waals surface area (Å²) in [5.41, 5.74) is 0.908. The summed E-state index contributed by atoms with van der Waals surface area (Å²) in [5, 5.41) is 10.1. The first-order chi connectivity index (χ1) is 8.33. The first kappa shape index (κ1) is 12.0. The molecule has 0 aliphatic heterocycles. The number of rotatable bonds is 4. The monoisotopic (exact) mass is 263 g/mol. The van der Waals surface area contributed by atoms with Crippen molar-refractivity contribution in [1.82, 2.24) is 9.55 Å². The molecule has 5 heteroatoms. The van der Waals surface area contributed by atoms with E-state index in [1.54, 1.807) is 18.0 Å². The minimum atomic E-state index is 0.514. The van der Waals surface area contributed by atoms with Gasteiger partial charge in [-0.05, 0) is 12.1 Å². The molecule has 3 nitrogen and oxygen atoms in total. The van der Waals surface area contributed by atoms with Gasteiger partial charge in [-0.1, -0.05) is 35.5 Å². The third kappa shape index (κ3) is 2.82. The molecule has 0 atom stereocenters. The molecule has 0 aliphatic carbocycles. The Balaban J connectivity index is 2.25. The van der Waals surface area contributed by atoms with Gasteiger partial charge < -0.3 is 0 Å². The molecular formula is C12H10ClN3S. The highest BCUT2D eigenvalue weighted by Gasteiger charge is 2.07. The molecule has 2 aromatic rings. The van der Waals surface area contributed by atoms with Gasteiger partial charge in [-0.3, -0.25) is 4.57 Å². The summed E-state index contributed by atoms with van der Waals surface area (Å²) >= 11 is 7.69.